The number of halogens is 1. The molecule has 0 fully saturated rings. The first-order valence-electron chi connectivity index (χ1n) is 2.77. The SMILES string of the molecule is O=c1nc2oncc2c(Cl)[nH]1. The lowest BCUT2D eigenvalue weighted by molar-refractivity contribution is 0.447. The molecule has 2 rings (SSSR count). The van der Waals surface area contributed by atoms with E-state index in [0.29, 0.717) is 5.39 Å². The number of rotatable bonds is 0. The van der Waals surface area contributed by atoms with Gasteiger partial charge in [0, 0.05) is 0 Å². The molecule has 11 heavy (non-hydrogen) atoms. The minimum absolute atomic E-state index is 0.152. The van der Waals surface area contributed by atoms with Crippen LogP contribution in [0.1, 0.15) is 0 Å². The molecule has 0 aliphatic rings. The Labute approximate surface area is 65.0 Å². The van der Waals surface area contributed by atoms with Gasteiger partial charge in [0.1, 0.15) is 5.15 Å². The lowest BCUT2D eigenvalue weighted by Crippen LogP contribution is -2.08. The quantitative estimate of drug-likeness (QED) is 0.588. The summed E-state index contributed by atoms with van der Waals surface area (Å²) in [4.78, 5) is 16.4. The summed E-state index contributed by atoms with van der Waals surface area (Å²) in [6, 6.07) is 0. The zero-order chi connectivity index (χ0) is 7.84. The number of aromatic nitrogens is 3. The van der Waals surface area contributed by atoms with Gasteiger partial charge in [-0.2, -0.15) is 4.98 Å². The van der Waals surface area contributed by atoms with Crippen LogP contribution >= 0.6 is 11.6 Å². The highest BCUT2D eigenvalue weighted by atomic mass is 35.5. The molecule has 0 unspecified atom stereocenters. The fraction of sp³-hybridized carbons (Fsp3) is 0. The number of nitrogens with one attached hydrogen (secondary N) is 1. The van der Waals surface area contributed by atoms with E-state index in [2.05, 4.69) is 19.6 Å². The van der Waals surface area contributed by atoms with Gasteiger partial charge in [0.2, 0.25) is 0 Å². The summed E-state index contributed by atoms with van der Waals surface area (Å²) in [5.74, 6) is 0. The van der Waals surface area contributed by atoms with Crippen LogP contribution in [-0.4, -0.2) is 15.1 Å². The normalized spacial score (nSPS) is 10.6. The first-order valence-corrected chi connectivity index (χ1v) is 3.15. The Morgan fingerprint density at radius 1 is 1.64 bits per heavy atom. The van der Waals surface area contributed by atoms with Crippen LogP contribution < -0.4 is 5.69 Å². The first-order chi connectivity index (χ1) is 5.27. The van der Waals surface area contributed by atoms with Crippen molar-refractivity contribution < 1.29 is 4.52 Å². The van der Waals surface area contributed by atoms with Crippen molar-refractivity contribution in [1.82, 2.24) is 15.1 Å². The molecule has 0 amide bonds. The summed E-state index contributed by atoms with van der Waals surface area (Å²) in [6.07, 6.45) is 1.39. The summed E-state index contributed by atoms with van der Waals surface area (Å²) in [7, 11) is 0. The third-order valence-electron chi connectivity index (χ3n) is 1.21. The van der Waals surface area contributed by atoms with Gasteiger partial charge in [-0.05, 0) is 0 Å². The average Bonchev–Trinajstić information content (AvgIpc) is 2.34. The Morgan fingerprint density at radius 2 is 2.45 bits per heavy atom. The predicted octanol–water partition coefficient (Wildman–Crippen LogP) is 0.565. The van der Waals surface area contributed by atoms with Crippen LogP contribution in [0.25, 0.3) is 11.1 Å². The zero-order valence-corrected chi connectivity index (χ0v) is 5.92. The van der Waals surface area contributed by atoms with Gasteiger partial charge in [0.15, 0.2) is 0 Å². The molecule has 56 valence electrons. The maximum absolute atomic E-state index is 10.7. The van der Waals surface area contributed by atoms with Crippen molar-refractivity contribution in [3.8, 4) is 0 Å². The molecule has 2 aromatic rings. The molecule has 2 heterocycles. The molecule has 5 nitrogen and oxygen atoms in total. The highest BCUT2D eigenvalue weighted by Crippen LogP contribution is 2.15. The van der Waals surface area contributed by atoms with Crippen LogP contribution in [-0.2, 0) is 0 Å². The molecule has 0 bridgehead atoms. The molecule has 0 aliphatic carbocycles. The molecule has 0 saturated heterocycles. The van der Waals surface area contributed by atoms with Crippen molar-refractivity contribution >= 4 is 22.7 Å². The topological polar surface area (TPSA) is 71.8 Å². The Hall–Kier alpha value is -1.36. The molecule has 0 aromatic carbocycles. The van der Waals surface area contributed by atoms with Crippen molar-refractivity contribution in [1.29, 1.82) is 0 Å². The third kappa shape index (κ3) is 0.894. The second-order valence-corrected chi connectivity index (χ2v) is 2.28. The first kappa shape index (κ1) is 6.36. The van der Waals surface area contributed by atoms with E-state index in [9.17, 15) is 4.79 Å². The van der Waals surface area contributed by atoms with Crippen molar-refractivity contribution in [3.63, 3.8) is 0 Å². The van der Waals surface area contributed by atoms with Gasteiger partial charge >= 0.3 is 5.69 Å². The molecule has 0 spiro atoms. The Bertz CT molecular complexity index is 446. The summed E-state index contributed by atoms with van der Waals surface area (Å²) in [5.41, 5.74) is -0.391. The van der Waals surface area contributed by atoms with Crippen molar-refractivity contribution in [2.75, 3.05) is 0 Å². The number of aromatic amines is 1. The van der Waals surface area contributed by atoms with Gasteiger partial charge in [-0.15, -0.1) is 0 Å². The van der Waals surface area contributed by atoms with E-state index in [0.717, 1.165) is 0 Å². The van der Waals surface area contributed by atoms with Gasteiger partial charge < -0.3 is 4.52 Å². The number of nitrogens with zero attached hydrogens (tertiary/aromatic N) is 2. The Kier molecular flexibility index (Phi) is 1.19. The van der Waals surface area contributed by atoms with E-state index >= 15 is 0 Å². The minimum Gasteiger partial charge on any atom is -0.336 e. The lowest BCUT2D eigenvalue weighted by atomic mass is 10.5. The molecule has 1 N–H and O–H groups in total. The molecule has 6 heteroatoms. The number of hydrogen-bond acceptors (Lipinski definition) is 4. The standard InChI is InChI=1S/C5H2ClN3O2/c6-3-2-1-7-11-4(2)9-5(10)8-3/h1H,(H,8,9,10). The van der Waals surface area contributed by atoms with Gasteiger partial charge in [-0.25, -0.2) is 4.79 Å². The fourth-order valence-corrected chi connectivity index (χ4v) is 0.956. The molecule has 0 saturated carbocycles. The second-order valence-electron chi connectivity index (χ2n) is 1.90. The van der Waals surface area contributed by atoms with E-state index in [1.165, 1.54) is 6.20 Å². The largest absolute Gasteiger partial charge is 0.349 e. The summed E-state index contributed by atoms with van der Waals surface area (Å²) in [5, 5.41) is 4.12. The van der Waals surface area contributed by atoms with Crippen LogP contribution in [0.5, 0.6) is 0 Å². The van der Waals surface area contributed by atoms with E-state index in [4.69, 9.17) is 11.6 Å². The highest BCUT2D eigenvalue weighted by Gasteiger charge is 2.04. The number of hydrogen-bond donors (Lipinski definition) is 1. The molecule has 0 radical (unpaired) electrons. The Morgan fingerprint density at radius 3 is 3.27 bits per heavy atom. The zero-order valence-electron chi connectivity index (χ0n) is 5.17. The monoisotopic (exact) mass is 171 g/mol. The van der Waals surface area contributed by atoms with Crippen LogP contribution in [0.4, 0.5) is 0 Å². The number of H-pyrrole nitrogens is 1. The molecular weight excluding hydrogens is 170 g/mol. The van der Waals surface area contributed by atoms with Crippen molar-refractivity contribution in [3.05, 3.63) is 21.8 Å². The van der Waals surface area contributed by atoms with Gasteiger partial charge in [0.05, 0.1) is 11.6 Å². The Balaban J connectivity index is 3.02. The highest BCUT2D eigenvalue weighted by molar-refractivity contribution is 6.33. The maximum atomic E-state index is 10.7. The second kappa shape index (κ2) is 2.06. The number of fused-ring (bicyclic) bond motifs is 1. The van der Waals surface area contributed by atoms with E-state index in [1.807, 2.05) is 0 Å². The fourth-order valence-electron chi connectivity index (χ4n) is 0.746. The van der Waals surface area contributed by atoms with Crippen molar-refractivity contribution in [2.24, 2.45) is 0 Å². The average molecular weight is 172 g/mol. The summed E-state index contributed by atoms with van der Waals surface area (Å²) in [6.45, 7) is 0. The van der Waals surface area contributed by atoms with Gasteiger partial charge in [0.25, 0.3) is 5.71 Å². The van der Waals surface area contributed by atoms with Gasteiger partial charge in [-0.3, -0.25) is 4.98 Å². The van der Waals surface area contributed by atoms with Crippen molar-refractivity contribution in [2.45, 2.75) is 0 Å². The van der Waals surface area contributed by atoms with Crippen LogP contribution in [0, 0.1) is 0 Å². The molecule has 2 aromatic heterocycles. The van der Waals surface area contributed by atoms with Crippen LogP contribution in [0.3, 0.4) is 0 Å². The minimum atomic E-state index is -0.542. The van der Waals surface area contributed by atoms with E-state index in [1.54, 1.807) is 0 Å². The summed E-state index contributed by atoms with van der Waals surface area (Å²) < 4.78 is 4.61. The maximum Gasteiger partial charge on any atom is 0.349 e. The molecule has 0 aliphatic heterocycles. The summed E-state index contributed by atoms with van der Waals surface area (Å²) >= 11 is 5.61. The lowest BCUT2D eigenvalue weighted by Gasteiger charge is -1.86. The molecular formula is C5H2ClN3O2. The van der Waals surface area contributed by atoms with Crippen LogP contribution in [0.15, 0.2) is 15.5 Å². The predicted molar refractivity (Wildman–Crippen MR) is 37.4 cm³/mol. The van der Waals surface area contributed by atoms with Crippen LogP contribution in [0.2, 0.25) is 5.15 Å². The van der Waals surface area contributed by atoms with Gasteiger partial charge in [-0.1, -0.05) is 16.8 Å². The third-order valence-corrected chi connectivity index (χ3v) is 1.51. The van der Waals surface area contributed by atoms with E-state index in [-0.39, 0.29) is 10.9 Å². The van der Waals surface area contributed by atoms with E-state index < -0.39 is 5.69 Å². The molecule has 0 atom stereocenters. The smallest absolute Gasteiger partial charge is 0.336 e.